The Labute approximate surface area is 124 Å². The minimum atomic E-state index is 0.351. The largest absolute Gasteiger partial charge is 0.0683 e. The normalized spacial score (nSPS) is 10.7. The molecule has 0 radical (unpaired) electrons. The summed E-state index contributed by atoms with van der Waals surface area (Å²) >= 11 is 0. The van der Waals surface area contributed by atoms with Gasteiger partial charge in [0, 0.05) is 0 Å². The second kappa shape index (κ2) is 7.28. The van der Waals surface area contributed by atoms with Gasteiger partial charge in [-0.15, -0.1) is 0 Å². The van der Waals surface area contributed by atoms with Gasteiger partial charge in [0.1, 0.15) is 0 Å². The lowest BCUT2D eigenvalue weighted by Gasteiger charge is -2.18. The van der Waals surface area contributed by atoms with Crippen LogP contribution in [-0.2, 0) is 6.42 Å². The molecule has 0 atom stereocenters. The second-order valence-corrected chi connectivity index (χ2v) is 6.25. The first-order valence-corrected chi connectivity index (χ1v) is 7.61. The van der Waals surface area contributed by atoms with Crippen molar-refractivity contribution in [2.24, 2.45) is 5.41 Å². The minimum absolute atomic E-state index is 0.351. The van der Waals surface area contributed by atoms with E-state index in [1.807, 2.05) is 13.8 Å². The Kier molecular flexibility index (Phi) is 6.01. The van der Waals surface area contributed by atoms with E-state index < -0.39 is 0 Å². The second-order valence-electron chi connectivity index (χ2n) is 6.25. The van der Waals surface area contributed by atoms with Gasteiger partial charge in [0.15, 0.2) is 0 Å². The highest BCUT2D eigenvalue weighted by atomic mass is 14.2. The van der Waals surface area contributed by atoms with Gasteiger partial charge in [0.05, 0.1) is 0 Å². The monoisotopic (exact) mass is 268 g/mol. The lowest BCUT2D eigenvalue weighted by Crippen LogP contribution is -2.08. The molecule has 0 aliphatic carbocycles. The fraction of sp³-hybridized carbons (Fsp3) is 0.400. The predicted molar refractivity (Wildman–Crippen MR) is 91.1 cm³/mol. The van der Waals surface area contributed by atoms with Crippen molar-refractivity contribution >= 4 is 0 Å². The Bertz CT molecular complexity index is 512. The predicted octanol–water partition coefficient (Wildman–Crippen LogP) is 6.28. The summed E-state index contributed by atoms with van der Waals surface area (Å²) in [5.74, 6) is 0. The van der Waals surface area contributed by atoms with Crippen LogP contribution in [0.2, 0.25) is 0 Å². The highest BCUT2D eigenvalue weighted by Crippen LogP contribution is 2.25. The van der Waals surface area contributed by atoms with Crippen molar-refractivity contribution in [2.45, 2.75) is 48.0 Å². The van der Waals surface area contributed by atoms with E-state index in [-0.39, 0.29) is 0 Å². The van der Waals surface area contributed by atoms with Crippen LogP contribution in [0.5, 0.6) is 0 Å². The molecule has 0 heteroatoms. The molecule has 0 nitrogen and oxygen atoms in total. The molecule has 0 saturated heterocycles. The van der Waals surface area contributed by atoms with Crippen LogP contribution in [-0.4, -0.2) is 0 Å². The van der Waals surface area contributed by atoms with Crippen LogP contribution in [0.1, 0.15) is 45.7 Å². The van der Waals surface area contributed by atoms with Gasteiger partial charge in [-0.2, -0.15) is 0 Å². The van der Waals surface area contributed by atoms with Crippen LogP contribution in [0.4, 0.5) is 0 Å². The van der Waals surface area contributed by atoms with Gasteiger partial charge in [-0.05, 0) is 41.0 Å². The van der Waals surface area contributed by atoms with Crippen molar-refractivity contribution in [2.75, 3.05) is 0 Å². The van der Waals surface area contributed by atoms with Crippen molar-refractivity contribution in [3.8, 4) is 11.1 Å². The molecule has 0 unspecified atom stereocenters. The Morgan fingerprint density at radius 2 is 1.35 bits per heavy atom. The van der Waals surface area contributed by atoms with E-state index in [0.717, 1.165) is 6.42 Å². The van der Waals surface area contributed by atoms with Crippen molar-refractivity contribution in [3.05, 3.63) is 59.7 Å². The number of rotatable bonds is 2. The average Bonchev–Trinajstić information content (AvgIpc) is 2.41. The summed E-state index contributed by atoms with van der Waals surface area (Å²) in [4.78, 5) is 0. The lowest BCUT2D eigenvalue weighted by molar-refractivity contribution is 0.411. The average molecular weight is 268 g/mol. The molecule has 2 rings (SSSR count). The molecule has 2 aromatic carbocycles. The van der Waals surface area contributed by atoms with E-state index in [0.29, 0.717) is 5.41 Å². The summed E-state index contributed by atoms with van der Waals surface area (Å²) in [7, 11) is 0. The van der Waals surface area contributed by atoms with Gasteiger partial charge in [-0.1, -0.05) is 83.1 Å². The van der Waals surface area contributed by atoms with Gasteiger partial charge < -0.3 is 0 Å². The summed E-state index contributed by atoms with van der Waals surface area (Å²) in [6.07, 6.45) is 1.13. The zero-order chi connectivity index (χ0) is 15.2. The molecule has 0 N–H and O–H groups in total. The summed E-state index contributed by atoms with van der Waals surface area (Å²) in [5.41, 5.74) is 5.75. The van der Waals surface area contributed by atoms with Crippen LogP contribution >= 0.6 is 0 Å². The molecule has 0 fully saturated rings. The Balaban J connectivity index is 0.000000956. The Hall–Kier alpha value is -1.56. The van der Waals surface area contributed by atoms with Crippen molar-refractivity contribution in [1.82, 2.24) is 0 Å². The van der Waals surface area contributed by atoms with Crippen molar-refractivity contribution < 1.29 is 0 Å². The summed E-state index contributed by atoms with van der Waals surface area (Å²) in [5, 5.41) is 0. The quantitative estimate of drug-likeness (QED) is 0.601. The van der Waals surface area contributed by atoms with Gasteiger partial charge in [-0.25, -0.2) is 0 Å². The van der Waals surface area contributed by atoms with E-state index in [1.54, 1.807) is 0 Å². The maximum Gasteiger partial charge on any atom is -0.0155 e. The molecule has 108 valence electrons. The summed E-state index contributed by atoms with van der Waals surface area (Å²) < 4.78 is 0. The summed E-state index contributed by atoms with van der Waals surface area (Å²) in [6, 6.07) is 17.5. The number of benzene rings is 2. The molecular formula is C20H28. The maximum absolute atomic E-state index is 2.28. The highest BCUT2D eigenvalue weighted by molar-refractivity contribution is 5.67. The van der Waals surface area contributed by atoms with Gasteiger partial charge in [0.2, 0.25) is 0 Å². The zero-order valence-corrected chi connectivity index (χ0v) is 13.8. The van der Waals surface area contributed by atoms with Crippen LogP contribution in [0.15, 0.2) is 48.5 Å². The van der Waals surface area contributed by atoms with E-state index in [2.05, 4.69) is 76.2 Å². The molecule has 0 aliphatic rings. The third-order valence-corrected chi connectivity index (χ3v) is 3.14. The first-order valence-electron chi connectivity index (χ1n) is 7.61. The first-order chi connectivity index (χ1) is 9.46. The fourth-order valence-corrected chi connectivity index (χ4v) is 2.31. The molecule has 2 aromatic rings. The highest BCUT2D eigenvalue weighted by Gasteiger charge is 2.11. The summed E-state index contributed by atoms with van der Waals surface area (Å²) in [6.45, 7) is 13.0. The Morgan fingerprint density at radius 1 is 0.800 bits per heavy atom. The number of aryl methyl sites for hydroxylation is 1. The van der Waals surface area contributed by atoms with Crippen LogP contribution in [0.25, 0.3) is 11.1 Å². The lowest BCUT2D eigenvalue weighted by atomic mass is 9.87. The molecular weight excluding hydrogens is 240 g/mol. The zero-order valence-electron chi connectivity index (χ0n) is 13.8. The topological polar surface area (TPSA) is 0 Å². The SMILES string of the molecule is CC.Cc1ccccc1-c1ccc(CC(C)(C)C)cc1. The van der Waals surface area contributed by atoms with Crippen molar-refractivity contribution in [1.29, 1.82) is 0 Å². The smallest absolute Gasteiger partial charge is 0.0155 e. The van der Waals surface area contributed by atoms with Crippen LogP contribution < -0.4 is 0 Å². The van der Waals surface area contributed by atoms with Crippen LogP contribution in [0, 0.1) is 12.3 Å². The first kappa shape index (κ1) is 16.5. The number of hydrogen-bond acceptors (Lipinski definition) is 0. The molecule has 0 saturated carbocycles. The number of hydrogen-bond donors (Lipinski definition) is 0. The van der Waals surface area contributed by atoms with E-state index in [9.17, 15) is 0 Å². The van der Waals surface area contributed by atoms with E-state index in [4.69, 9.17) is 0 Å². The third kappa shape index (κ3) is 4.85. The minimum Gasteiger partial charge on any atom is -0.0683 e. The molecule has 0 heterocycles. The van der Waals surface area contributed by atoms with Crippen molar-refractivity contribution in [3.63, 3.8) is 0 Å². The van der Waals surface area contributed by atoms with E-state index >= 15 is 0 Å². The van der Waals surface area contributed by atoms with E-state index in [1.165, 1.54) is 22.3 Å². The maximum atomic E-state index is 2.28. The van der Waals surface area contributed by atoms with Gasteiger partial charge in [0.25, 0.3) is 0 Å². The van der Waals surface area contributed by atoms with Gasteiger partial charge >= 0.3 is 0 Å². The standard InChI is InChI=1S/C18H22.C2H6/c1-14-7-5-6-8-17(14)16-11-9-15(10-12-16)13-18(2,3)4;1-2/h5-12H,13H2,1-4H3;1-2H3. The Morgan fingerprint density at radius 3 is 1.85 bits per heavy atom. The molecule has 0 aliphatic heterocycles. The van der Waals surface area contributed by atoms with Crippen LogP contribution in [0.3, 0.4) is 0 Å². The third-order valence-electron chi connectivity index (χ3n) is 3.14. The molecule has 0 spiro atoms. The molecule has 0 aromatic heterocycles. The van der Waals surface area contributed by atoms with Gasteiger partial charge in [-0.3, -0.25) is 0 Å². The fourth-order valence-electron chi connectivity index (χ4n) is 2.31. The molecule has 20 heavy (non-hydrogen) atoms. The molecule has 0 bridgehead atoms. The molecule has 0 amide bonds.